The molecule has 0 aliphatic rings. The molecule has 0 aliphatic heterocycles. The Balaban J connectivity index is 2.70. The smallest absolute Gasteiger partial charge is 0.276 e. The Hall–Kier alpha value is -2.02. The molecule has 0 unspecified atom stereocenters. The fourth-order valence-electron chi connectivity index (χ4n) is 1.71. The topological polar surface area (TPSA) is 92.7 Å². The van der Waals surface area contributed by atoms with Crippen LogP contribution in [0.4, 0.5) is 0 Å². The molecule has 1 N–H and O–H groups in total. The highest BCUT2D eigenvalue weighted by atomic mass is 32.2. The summed E-state index contributed by atoms with van der Waals surface area (Å²) in [5, 5.41) is 3.83. The van der Waals surface area contributed by atoms with Crippen LogP contribution in [0.2, 0.25) is 0 Å². The van der Waals surface area contributed by atoms with Crippen molar-refractivity contribution < 1.29 is 18.0 Å². The highest BCUT2D eigenvalue weighted by Crippen LogP contribution is 2.11. The van der Waals surface area contributed by atoms with Gasteiger partial charge in [0.05, 0.1) is 4.90 Å². The van der Waals surface area contributed by atoms with Gasteiger partial charge in [0, 0.05) is 17.7 Å². The molecular formula is C15H20N2O4S. The van der Waals surface area contributed by atoms with Gasteiger partial charge in [-0.25, -0.2) is 4.83 Å². The molecule has 0 atom stereocenters. The largest absolute Gasteiger partial charge is 0.300 e. The molecule has 0 saturated carbocycles. The van der Waals surface area contributed by atoms with Crippen molar-refractivity contribution in [2.75, 3.05) is 0 Å². The zero-order chi connectivity index (χ0) is 16.8. The summed E-state index contributed by atoms with van der Waals surface area (Å²) in [6.07, 6.45) is 1.64. The number of sulfonamides is 1. The normalized spacial score (nSPS) is 12.0. The molecule has 0 aliphatic carbocycles. The van der Waals surface area contributed by atoms with Crippen LogP contribution in [0, 0.1) is 0 Å². The van der Waals surface area contributed by atoms with Crippen molar-refractivity contribution >= 4 is 27.3 Å². The van der Waals surface area contributed by atoms with E-state index in [-0.39, 0.29) is 16.5 Å². The van der Waals surface area contributed by atoms with Crippen molar-refractivity contribution in [2.45, 2.75) is 44.9 Å². The first-order valence-electron chi connectivity index (χ1n) is 6.88. The molecule has 6 nitrogen and oxygen atoms in total. The summed E-state index contributed by atoms with van der Waals surface area (Å²) in [5.41, 5.74) is 1.05. The Morgan fingerprint density at radius 3 is 2.14 bits per heavy atom. The summed E-state index contributed by atoms with van der Waals surface area (Å²) < 4.78 is 24.1. The Labute approximate surface area is 130 Å². The monoisotopic (exact) mass is 324 g/mol. The predicted octanol–water partition coefficient (Wildman–Crippen LogP) is 2.30. The third-order valence-corrected chi connectivity index (χ3v) is 4.22. The molecule has 0 saturated heterocycles. The third-order valence-electron chi connectivity index (χ3n) is 3.00. The number of Topliss-reactive ketones (excluding diaryl/α,β-unsaturated/α-hetero) is 2. The molecule has 0 radical (unpaired) electrons. The SMILES string of the molecule is CC(=O)CCC/C(C)=N/NS(=O)(=O)c1ccc(C(C)=O)cc1. The van der Waals surface area contributed by atoms with E-state index in [4.69, 9.17) is 0 Å². The zero-order valence-corrected chi connectivity index (χ0v) is 13.7. The highest BCUT2D eigenvalue weighted by molar-refractivity contribution is 7.89. The van der Waals surface area contributed by atoms with Crippen molar-refractivity contribution in [2.24, 2.45) is 5.10 Å². The van der Waals surface area contributed by atoms with Crippen LogP contribution in [-0.4, -0.2) is 25.7 Å². The molecule has 0 fully saturated rings. The number of benzene rings is 1. The second-order valence-corrected chi connectivity index (χ2v) is 6.74. The summed E-state index contributed by atoms with van der Waals surface area (Å²) in [5.74, 6) is -0.0322. The molecule has 7 heteroatoms. The summed E-state index contributed by atoms with van der Waals surface area (Å²) in [7, 11) is -3.75. The van der Waals surface area contributed by atoms with Crippen LogP contribution in [0.15, 0.2) is 34.3 Å². The molecule has 120 valence electrons. The van der Waals surface area contributed by atoms with Crippen molar-refractivity contribution in [1.29, 1.82) is 0 Å². The van der Waals surface area contributed by atoms with Gasteiger partial charge in [-0.1, -0.05) is 12.1 Å². The summed E-state index contributed by atoms with van der Waals surface area (Å²) in [4.78, 5) is 24.2. The second kappa shape index (κ2) is 7.84. The molecule has 1 aromatic carbocycles. The first-order chi connectivity index (χ1) is 10.2. The number of nitrogens with zero attached hydrogens (tertiary/aromatic N) is 1. The van der Waals surface area contributed by atoms with Gasteiger partial charge in [0.1, 0.15) is 5.78 Å². The van der Waals surface area contributed by atoms with Crippen LogP contribution in [0.5, 0.6) is 0 Å². The van der Waals surface area contributed by atoms with E-state index in [9.17, 15) is 18.0 Å². The van der Waals surface area contributed by atoms with E-state index >= 15 is 0 Å². The van der Waals surface area contributed by atoms with Gasteiger partial charge in [0.25, 0.3) is 10.0 Å². The Kier molecular flexibility index (Phi) is 6.42. The molecule has 0 heterocycles. The van der Waals surface area contributed by atoms with Crippen LogP contribution in [-0.2, 0) is 14.8 Å². The summed E-state index contributed by atoms with van der Waals surface area (Å²) in [6, 6.07) is 5.64. The quantitative estimate of drug-likeness (QED) is 0.451. The lowest BCUT2D eigenvalue weighted by molar-refractivity contribution is -0.117. The van der Waals surface area contributed by atoms with Crippen LogP contribution in [0.3, 0.4) is 0 Å². The van der Waals surface area contributed by atoms with Crippen LogP contribution in [0.25, 0.3) is 0 Å². The van der Waals surface area contributed by atoms with Crippen molar-refractivity contribution in [3.05, 3.63) is 29.8 Å². The van der Waals surface area contributed by atoms with E-state index in [1.165, 1.54) is 38.1 Å². The maximum Gasteiger partial charge on any atom is 0.276 e. The van der Waals surface area contributed by atoms with Crippen LogP contribution >= 0.6 is 0 Å². The van der Waals surface area contributed by atoms with E-state index in [0.29, 0.717) is 30.5 Å². The molecule has 0 spiro atoms. The van der Waals surface area contributed by atoms with E-state index in [0.717, 1.165) is 0 Å². The van der Waals surface area contributed by atoms with Gasteiger partial charge in [-0.05, 0) is 45.7 Å². The van der Waals surface area contributed by atoms with Gasteiger partial charge >= 0.3 is 0 Å². The maximum atomic E-state index is 12.0. The van der Waals surface area contributed by atoms with E-state index < -0.39 is 10.0 Å². The molecule has 0 aromatic heterocycles. The van der Waals surface area contributed by atoms with Gasteiger partial charge in [-0.15, -0.1) is 0 Å². The van der Waals surface area contributed by atoms with E-state index in [1.807, 2.05) is 0 Å². The molecule has 22 heavy (non-hydrogen) atoms. The number of carbonyl (C=O) groups excluding carboxylic acids is 2. The maximum absolute atomic E-state index is 12.0. The second-order valence-electron chi connectivity index (χ2n) is 5.08. The van der Waals surface area contributed by atoms with Crippen molar-refractivity contribution in [1.82, 2.24) is 4.83 Å². The van der Waals surface area contributed by atoms with Gasteiger partial charge in [0.15, 0.2) is 5.78 Å². The van der Waals surface area contributed by atoms with Gasteiger partial charge < -0.3 is 4.79 Å². The molecular weight excluding hydrogens is 304 g/mol. The number of ketones is 2. The molecule has 1 aromatic rings. The lowest BCUT2D eigenvalue weighted by Crippen LogP contribution is -2.19. The fraction of sp³-hybridized carbons (Fsp3) is 0.400. The van der Waals surface area contributed by atoms with E-state index in [1.54, 1.807) is 6.92 Å². The zero-order valence-electron chi connectivity index (χ0n) is 12.9. The lowest BCUT2D eigenvalue weighted by atomic mass is 10.1. The summed E-state index contributed by atoms with van der Waals surface area (Å²) >= 11 is 0. The first kappa shape index (κ1) is 18.0. The minimum absolute atomic E-state index is 0.0396. The Morgan fingerprint density at radius 1 is 1.05 bits per heavy atom. The van der Waals surface area contributed by atoms with Gasteiger partial charge in [-0.2, -0.15) is 13.5 Å². The minimum atomic E-state index is -3.75. The molecule has 0 amide bonds. The van der Waals surface area contributed by atoms with Crippen molar-refractivity contribution in [3.63, 3.8) is 0 Å². The average Bonchev–Trinajstić information content (AvgIpc) is 2.45. The standard InChI is InChI=1S/C15H20N2O4S/c1-11(5-4-6-12(2)18)16-17-22(20,21)15-9-7-14(8-10-15)13(3)19/h7-10,17H,4-6H2,1-3H3/b16-11+. The Bertz CT molecular complexity index is 676. The van der Waals surface area contributed by atoms with Crippen molar-refractivity contribution in [3.8, 4) is 0 Å². The van der Waals surface area contributed by atoms with Gasteiger partial charge in [0.2, 0.25) is 0 Å². The minimum Gasteiger partial charge on any atom is -0.300 e. The number of rotatable bonds is 8. The van der Waals surface area contributed by atoms with Gasteiger partial charge in [-0.3, -0.25) is 4.79 Å². The third kappa shape index (κ3) is 5.77. The fourth-order valence-corrected chi connectivity index (χ4v) is 2.58. The Morgan fingerprint density at radius 2 is 1.64 bits per heavy atom. The van der Waals surface area contributed by atoms with Crippen LogP contribution in [0.1, 0.15) is 50.4 Å². The highest BCUT2D eigenvalue weighted by Gasteiger charge is 2.13. The lowest BCUT2D eigenvalue weighted by Gasteiger charge is -2.05. The predicted molar refractivity (Wildman–Crippen MR) is 84.4 cm³/mol. The molecule has 1 rings (SSSR count). The number of carbonyl (C=O) groups is 2. The average molecular weight is 324 g/mol. The number of hydrogen-bond donors (Lipinski definition) is 1. The number of nitrogens with one attached hydrogen (secondary N) is 1. The number of hydrogen-bond acceptors (Lipinski definition) is 5. The van der Waals surface area contributed by atoms with E-state index in [2.05, 4.69) is 9.93 Å². The number of hydrazone groups is 1. The molecule has 0 bridgehead atoms. The van der Waals surface area contributed by atoms with Crippen LogP contribution < -0.4 is 4.83 Å². The first-order valence-corrected chi connectivity index (χ1v) is 8.36. The summed E-state index contributed by atoms with van der Waals surface area (Å²) in [6.45, 7) is 4.62.